The van der Waals surface area contributed by atoms with Gasteiger partial charge < -0.3 is 20.3 Å². The fourth-order valence-corrected chi connectivity index (χ4v) is 4.56. The number of benzene rings is 2. The predicted octanol–water partition coefficient (Wildman–Crippen LogP) is 4.70. The van der Waals surface area contributed by atoms with E-state index in [9.17, 15) is 18.8 Å². The quantitative estimate of drug-likeness (QED) is 0.376. The lowest BCUT2D eigenvalue weighted by Gasteiger charge is -2.18. The van der Waals surface area contributed by atoms with E-state index < -0.39 is 17.9 Å². The first-order valence-electron chi connectivity index (χ1n) is 13.1. The number of carbonyl (C=O) groups is 3. The van der Waals surface area contributed by atoms with E-state index in [0.717, 1.165) is 24.5 Å². The summed E-state index contributed by atoms with van der Waals surface area (Å²) in [6.07, 6.45) is 3.90. The molecule has 0 bridgehead atoms. The van der Waals surface area contributed by atoms with E-state index in [1.54, 1.807) is 36.4 Å². The second-order valence-corrected chi connectivity index (χ2v) is 9.43. The summed E-state index contributed by atoms with van der Waals surface area (Å²) in [4.78, 5) is 46.7. The van der Waals surface area contributed by atoms with Crippen LogP contribution in [0.2, 0.25) is 0 Å². The van der Waals surface area contributed by atoms with Crippen LogP contribution in [-0.4, -0.2) is 72.1 Å². The largest absolute Gasteiger partial charge is 0.456 e. The van der Waals surface area contributed by atoms with Gasteiger partial charge in [0.05, 0.1) is 12.7 Å². The SMILES string of the molecule is O=C(NCCN1CCCC1)Nc1ccc(Oc2cccc(NC(=O)N3CCN(c4ccc(F)cc4)C3=O)c2)cn1. The summed E-state index contributed by atoms with van der Waals surface area (Å²) in [5, 5.41) is 8.25. The van der Waals surface area contributed by atoms with Gasteiger partial charge in [0, 0.05) is 37.1 Å². The van der Waals surface area contributed by atoms with Gasteiger partial charge in [0.1, 0.15) is 23.1 Å². The summed E-state index contributed by atoms with van der Waals surface area (Å²) in [6, 6.07) is 14.2. The van der Waals surface area contributed by atoms with Gasteiger partial charge >= 0.3 is 18.1 Å². The van der Waals surface area contributed by atoms with Crippen molar-refractivity contribution in [3.63, 3.8) is 0 Å². The van der Waals surface area contributed by atoms with Crippen LogP contribution in [0, 0.1) is 5.82 Å². The second-order valence-electron chi connectivity index (χ2n) is 9.43. The van der Waals surface area contributed by atoms with Gasteiger partial charge in [0.15, 0.2) is 0 Å². The summed E-state index contributed by atoms with van der Waals surface area (Å²) >= 11 is 0. The minimum atomic E-state index is -0.581. The highest BCUT2D eigenvalue weighted by Crippen LogP contribution is 2.26. The first-order valence-corrected chi connectivity index (χ1v) is 13.1. The van der Waals surface area contributed by atoms with E-state index in [2.05, 4.69) is 25.8 Å². The van der Waals surface area contributed by atoms with E-state index in [0.29, 0.717) is 41.8 Å². The lowest BCUT2D eigenvalue weighted by atomic mass is 10.3. The lowest BCUT2D eigenvalue weighted by molar-refractivity contribution is 0.209. The first-order chi connectivity index (χ1) is 19.4. The number of hydrogen-bond donors (Lipinski definition) is 3. The first kappa shape index (κ1) is 26.9. The molecule has 0 aliphatic carbocycles. The van der Waals surface area contributed by atoms with Crippen LogP contribution in [0.1, 0.15) is 12.8 Å². The van der Waals surface area contributed by atoms with Gasteiger partial charge in [0.25, 0.3) is 0 Å². The maximum atomic E-state index is 13.2. The van der Waals surface area contributed by atoms with Crippen molar-refractivity contribution < 1.29 is 23.5 Å². The standard InChI is InChI=1S/C28H30FN7O4/c29-20-6-8-22(9-7-20)35-16-17-36(28(35)39)27(38)32-21-4-3-5-23(18-21)40-24-10-11-25(31-19-24)33-26(37)30-12-15-34-13-1-2-14-34/h3-11,18-19H,1-2,12-17H2,(H,32,38)(H2,30,31,33,37). The van der Waals surface area contributed by atoms with Gasteiger partial charge in [-0.25, -0.2) is 28.7 Å². The minimum Gasteiger partial charge on any atom is -0.456 e. The zero-order chi connectivity index (χ0) is 27.9. The highest BCUT2D eigenvalue weighted by molar-refractivity contribution is 6.08. The number of nitrogens with one attached hydrogen (secondary N) is 3. The van der Waals surface area contributed by atoms with Crippen molar-refractivity contribution in [2.45, 2.75) is 12.8 Å². The molecule has 40 heavy (non-hydrogen) atoms. The smallest absolute Gasteiger partial charge is 0.332 e. The van der Waals surface area contributed by atoms with Crippen molar-refractivity contribution in [3.05, 3.63) is 72.7 Å². The molecule has 2 fully saturated rings. The highest BCUT2D eigenvalue weighted by atomic mass is 19.1. The number of nitrogens with zero attached hydrogens (tertiary/aromatic N) is 4. The number of imide groups is 1. The molecule has 6 amide bonds. The Morgan fingerprint density at radius 2 is 1.73 bits per heavy atom. The third-order valence-electron chi connectivity index (χ3n) is 6.60. The summed E-state index contributed by atoms with van der Waals surface area (Å²) in [5.74, 6) is 0.868. The molecule has 0 unspecified atom stereocenters. The summed E-state index contributed by atoms with van der Waals surface area (Å²) in [6.45, 7) is 4.06. The van der Waals surface area contributed by atoms with Gasteiger partial charge in [-0.2, -0.15) is 0 Å². The van der Waals surface area contributed by atoms with Crippen molar-refractivity contribution >= 4 is 35.3 Å². The van der Waals surface area contributed by atoms with E-state index >= 15 is 0 Å². The minimum absolute atomic E-state index is 0.195. The van der Waals surface area contributed by atoms with Crippen molar-refractivity contribution in [1.82, 2.24) is 20.1 Å². The Bertz CT molecular complexity index is 1350. The number of urea groups is 3. The number of amides is 6. The predicted molar refractivity (Wildman–Crippen MR) is 148 cm³/mol. The zero-order valence-corrected chi connectivity index (χ0v) is 21.8. The van der Waals surface area contributed by atoms with Gasteiger partial charge in [-0.15, -0.1) is 0 Å². The molecule has 3 heterocycles. The maximum Gasteiger partial charge on any atom is 0.332 e. The molecule has 0 atom stereocenters. The van der Waals surface area contributed by atoms with Crippen LogP contribution in [0.25, 0.3) is 0 Å². The Kier molecular flexibility index (Phi) is 8.35. The highest BCUT2D eigenvalue weighted by Gasteiger charge is 2.34. The van der Waals surface area contributed by atoms with Crippen molar-refractivity contribution in [2.24, 2.45) is 0 Å². The number of aromatic nitrogens is 1. The molecule has 2 aliphatic heterocycles. The molecule has 11 nitrogen and oxygen atoms in total. The number of carbonyl (C=O) groups excluding carboxylic acids is 3. The van der Waals surface area contributed by atoms with Crippen molar-refractivity contribution in [2.75, 3.05) is 54.8 Å². The molecule has 1 aromatic heterocycles. The molecule has 2 saturated heterocycles. The summed E-state index contributed by atoms with van der Waals surface area (Å²) in [7, 11) is 0. The van der Waals surface area contributed by atoms with E-state index in [1.807, 2.05) is 0 Å². The van der Waals surface area contributed by atoms with Crippen LogP contribution in [0.5, 0.6) is 11.5 Å². The fourth-order valence-electron chi connectivity index (χ4n) is 4.56. The Balaban J connectivity index is 1.11. The number of ether oxygens (including phenoxy) is 1. The molecule has 3 aromatic rings. The van der Waals surface area contributed by atoms with Crippen LogP contribution in [0.4, 0.5) is 36.0 Å². The van der Waals surface area contributed by atoms with Crippen LogP contribution >= 0.6 is 0 Å². The molecular weight excluding hydrogens is 517 g/mol. The molecule has 0 saturated carbocycles. The number of halogens is 1. The maximum absolute atomic E-state index is 13.2. The van der Waals surface area contributed by atoms with Crippen molar-refractivity contribution in [1.29, 1.82) is 0 Å². The molecule has 5 rings (SSSR count). The van der Waals surface area contributed by atoms with Crippen LogP contribution in [-0.2, 0) is 0 Å². The Morgan fingerprint density at radius 1 is 0.925 bits per heavy atom. The average molecular weight is 548 g/mol. The molecule has 2 aromatic carbocycles. The number of pyridine rings is 1. The Hall–Kier alpha value is -4.71. The lowest BCUT2D eigenvalue weighted by Crippen LogP contribution is -2.39. The van der Waals surface area contributed by atoms with Crippen LogP contribution in [0.3, 0.4) is 0 Å². The summed E-state index contributed by atoms with van der Waals surface area (Å²) < 4.78 is 19.1. The Labute approximate surface area is 230 Å². The van der Waals surface area contributed by atoms with E-state index in [-0.39, 0.29) is 12.6 Å². The van der Waals surface area contributed by atoms with Gasteiger partial charge in [0.2, 0.25) is 0 Å². The van der Waals surface area contributed by atoms with Crippen LogP contribution < -0.4 is 25.6 Å². The molecule has 0 radical (unpaired) electrons. The average Bonchev–Trinajstić information content (AvgIpc) is 3.60. The normalized spacial score (nSPS) is 15.3. The molecule has 0 spiro atoms. The monoisotopic (exact) mass is 547 g/mol. The summed E-state index contributed by atoms with van der Waals surface area (Å²) in [5.41, 5.74) is 0.956. The van der Waals surface area contributed by atoms with Gasteiger partial charge in [-0.05, 0) is 74.5 Å². The van der Waals surface area contributed by atoms with E-state index in [1.165, 1.54) is 48.2 Å². The topological polar surface area (TPSA) is 119 Å². The molecule has 3 N–H and O–H groups in total. The second kappa shape index (κ2) is 12.4. The third-order valence-corrected chi connectivity index (χ3v) is 6.60. The number of hydrogen-bond acceptors (Lipinski definition) is 6. The van der Waals surface area contributed by atoms with Crippen molar-refractivity contribution in [3.8, 4) is 11.5 Å². The molecule has 12 heteroatoms. The van der Waals surface area contributed by atoms with Crippen LogP contribution in [0.15, 0.2) is 66.9 Å². The molecule has 208 valence electrons. The Morgan fingerprint density at radius 3 is 2.48 bits per heavy atom. The van der Waals surface area contributed by atoms with E-state index in [4.69, 9.17) is 4.74 Å². The van der Waals surface area contributed by atoms with Gasteiger partial charge in [-0.1, -0.05) is 6.07 Å². The number of likely N-dealkylation sites (tertiary alicyclic amines) is 1. The molecule has 2 aliphatic rings. The fraction of sp³-hybridized carbons (Fsp3) is 0.286. The molecular formula is C28H30FN7O4. The number of rotatable bonds is 8. The number of anilines is 3. The zero-order valence-electron chi connectivity index (χ0n) is 21.8. The van der Waals surface area contributed by atoms with Gasteiger partial charge in [-0.3, -0.25) is 10.2 Å². The third kappa shape index (κ3) is 6.83.